The monoisotopic (exact) mass is 173 g/mol. The van der Waals surface area contributed by atoms with E-state index in [1.165, 1.54) is 0 Å². The Labute approximate surface area is 71.1 Å². The first-order valence-electron chi connectivity index (χ1n) is 3.95. The van der Waals surface area contributed by atoms with Crippen LogP contribution in [0.4, 0.5) is 0 Å². The van der Waals surface area contributed by atoms with Crippen molar-refractivity contribution in [3.8, 4) is 6.07 Å². The molecule has 0 heterocycles. The fourth-order valence-electron chi connectivity index (χ4n) is 0.705. The lowest BCUT2D eigenvalue weighted by Gasteiger charge is -2.01. The predicted molar refractivity (Wildman–Crippen MR) is 47.6 cm³/mol. The normalized spacial score (nSPS) is 15.4. The first-order valence-corrected chi connectivity index (χ1v) is 5.44. The molecular weight excluding hydrogens is 158 g/mol. The number of unbranched alkanes of at least 4 members (excludes halogenated alkanes) is 1. The molecule has 0 aromatic rings. The van der Waals surface area contributed by atoms with Gasteiger partial charge in [0.1, 0.15) is 0 Å². The van der Waals surface area contributed by atoms with Gasteiger partial charge in [-0.25, -0.2) is 0 Å². The van der Waals surface area contributed by atoms with E-state index in [0.717, 1.165) is 18.6 Å². The van der Waals surface area contributed by atoms with Crippen LogP contribution in [-0.4, -0.2) is 15.7 Å². The molecule has 64 valence electrons. The molecular formula is C8H15NOS. The molecule has 0 saturated heterocycles. The maximum absolute atomic E-state index is 11.1. The highest BCUT2D eigenvalue weighted by atomic mass is 32.2. The summed E-state index contributed by atoms with van der Waals surface area (Å²) in [7, 11) is -0.772. The first kappa shape index (κ1) is 10.6. The van der Waals surface area contributed by atoms with Gasteiger partial charge in [0.2, 0.25) is 0 Å². The SMILES string of the molecule is CCCCS(=O)CC(C)C#N. The molecule has 3 heteroatoms. The van der Waals surface area contributed by atoms with E-state index in [2.05, 4.69) is 13.0 Å². The van der Waals surface area contributed by atoms with Crippen LogP contribution in [0.1, 0.15) is 26.7 Å². The van der Waals surface area contributed by atoms with Gasteiger partial charge in [0, 0.05) is 22.3 Å². The molecule has 0 aliphatic rings. The van der Waals surface area contributed by atoms with Gasteiger partial charge in [-0.15, -0.1) is 0 Å². The van der Waals surface area contributed by atoms with Crippen molar-refractivity contribution in [2.75, 3.05) is 11.5 Å². The van der Waals surface area contributed by atoms with Gasteiger partial charge >= 0.3 is 0 Å². The minimum absolute atomic E-state index is 0.0623. The molecule has 0 fully saturated rings. The fraction of sp³-hybridized carbons (Fsp3) is 0.875. The second-order valence-electron chi connectivity index (χ2n) is 2.69. The smallest absolute Gasteiger partial charge is 0.0662 e. The quantitative estimate of drug-likeness (QED) is 0.635. The van der Waals surface area contributed by atoms with Gasteiger partial charge < -0.3 is 0 Å². The molecule has 0 radical (unpaired) electrons. The Hall–Kier alpha value is -0.360. The van der Waals surface area contributed by atoms with E-state index in [-0.39, 0.29) is 5.92 Å². The zero-order chi connectivity index (χ0) is 8.69. The van der Waals surface area contributed by atoms with Crippen molar-refractivity contribution in [3.05, 3.63) is 0 Å². The summed E-state index contributed by atoms with van der Waals surface area (Å²) in [4.78, 5) is 0. The molecule has 11 heavy (non-hydrogen) atoms. The third-order valence-corrected chi connectivity index (χ3v) is 3.00. The van der Waals surface area contributed by atoms with Crippen molar-refractivity contribution in [1.82, 2.24) is 0 Å². The van der Waals surface area contributed by atoms with Crippen LogP contribution in [0.3, 0.4) is 0 Å². The average Bonchev–Trinajstić information content (AvgIpc) is 2.00. The first-order chi connectivity index (χ1) is 5.20. The van der Waals surface area contributed by atoms with Crippen molar-refractivity contribution >= 4 is 10.8 Å². The van der Waals surface area contributed by atoms with E-state index in [1.54, 1.807) is 0 Å². The Morgan fingerprint density at radius 3 is 2.73 bits per heavy atom. The molecule has 0 aliphatic heterocycles. The van der Waals surface area contributed by atoms with Crippen LogP contribution >= 0.6 is 0 Å². The van der Waals surface area contributed by atoms with E-state index < -0.39 is 10.8 Å². The van der Waals surface area contributed by atoms with Crippen molar-refractivity contribution in [1.29, 1.82) is 5.26 Å². The maximum Gasteiger partial charge on any atom is 0.0662 e. The second kappa shape index (κ2) is 6.36. The molecule has 0 amide bonds. The number of hydrogen-bond acceptors (Lipinski definition) is 2. The largest absolute Gasteiger partial charge is 0.260 e. The van der Waals surface area contributed by atoms with Crippen LogP contribution in [0.5, 0.6) is 0 Å². The summed E-state index contributed by atoms with van der Waals surface area (Å²) < 4.78 is 11.1. The Balaban J connectivity index is 3.46. The second-order valence-corrected chi connectivity index (χ2v) is 4.32. The van der Waals surface area contributed by atoms with Crippen molar-refractivity contribution in [2.45, 2.75) is 26.7 Å². The highest BCUT2D eigenvalue weighted by molar-refractivity contribution is 7.84. The van der Waals surface area contributed by atoms with E-state index in [1.807, 2.05) is 6.92 Å². The summed E-state index contributed by atoms with van der Waals surface area (Å²) in [5, 5.41) is 8.42. The molecule has 0 bridgehead atoms. The molecule has 0 aromatic heterocycles. The summed E-state index contributed by atoms with van der Waals surface area (Å²) in [5.74, 6) is 1.23. The van der Waals surface area contributed by atoms with E-state index >= 15 is 0 Å². The molecule has 0 rings (SSSR count). The lowest BCUT2D eigenvalue weighted by molar-refractivity contribution is 0.672. The summed E-state index contributed by atoms with van der Waals surface area (Å²) in [6, 6.07) is 2.08. The molecule has 2 unspecified atom stereocenters. The van der Waals surface area contributed by atoms with E-state index in [4.69, 9.17) is 5.26 Å². The number of nitrogens with zero attached hydrogens (tertiary/aromatic N) is 1. The number of rotatable bonds is 5. The Kier molecular flexibility index (Phi) is 6.15. The van der Waals surface area contributed by atoms with Crippen LogP contribution in [0.2, 0.25) is 0 Å². The van der Waals surface area contributed by atoms with Crippen LogP contribution in [0.25, 0.3) is 0 Å². The minimum atomic E-state index is -0.772. The van der Waals surface area contributed by atoms with Crippen molar-refractivity contribution < 1.29 is 4.21 Å². The van der Waals surface area contributed by atoms with Gasteiger partial charge in [0.05, 0.1) is 12.0 Å². The number of hydrogen-bond donors (Lipinski definition) is 0. The van der Waals surface area contributed by atoms with Crippen LogP contribution in [-0.2, 0) is 10.8 Å². The molecule has 0 aromatic carbocycles. The Morgan fingerprint density at radius 1 is 1.64 bits per heavy atom. The summed E-state index contributed by atoms with van der Waals surface area (Å²) in [6.45, 7) is 3.88. The van der Waals surface area contributed by atoms with E-state index in [9.17, 15) is 4.21 Å². The fourth-order valence-corrected chi connectivity index (χ4v) is 2.11. The van der Waals surface area contributed by atoms with Gasteiger partial charge in [0.15, 0.2) is 0 Å². The third kappa shape index (κ3) is 6.05. The standard InChI is InChI=1S/C8H15NOS/c1-3-4-5-11(10)7-8(2)6-9/h8H,3-5,7H2,1-2H3. The van der Waals surface area contributed by atoms with Gasteiger partial charge in [-0.05, 0) is 13.3 Å². The Bertz CT molecular complexity index is 162. The van der Waals surface area contributed by atoms with E-state index in [0.29, 0.717) is 5.75 Å². The zero-order valence-corrected chi connectivity index (χ0v) is 7.99. The maximum atomic E-state index is 11.1. The van der Waals surface area contributed by atoms with Crippen LogP contribution in [0, 0.1) is 17.2 Å². The third-order valence-electron chi connectivity index (χ3n) is 1.38. The molecule has 2 nitrogen and oxygen atoms in total. The van der Waals surface area contributed by atoms with Gasteiger partial charge in [0.25, 0.3) is 0 Å². The zero-order valence-electron chi connectivity index (χ0n) is 7.17. The molecule has 0 saturated carbocycles. The Morgan fingerprint density at radius 2 is 2.27 bits per heavy atom. The lowest BCUT2D eigenvalue weighted by atomic mass is 10.3. The molecule has 0 aliphatic carbocycles. The van der Waals surface area contributed by atoms with Crippen LogP contribution in [0.15, 0.2) is 0 Å². The number of nitriles is 1. The van der Waals surface area contributed by atoms with Gasteiger partial charge in [-0.1, -0.05) is 13.3 Å². The molecule has 0 N–H and O–H groups in total. The highest BCUT2D eigenvalue weighted by Gasteiger charge is 2.04. The van der Waals surface area contributed by atoms with Crippen LogP contribution < -0.4 is 0 Å². The lowest BCUT2D eigenvalue weighted by Crippen LogP contribution is -2.08. The van der Waals surface area contributed by atoms with Gasteiger partial charge in [-0.2, -0.15) is 5.26 Å². The summed E-state index contributed by atoms with van der Waals surface area (Å²) in [6.07, 6.45) is 2.08. The van der Waals surface area contributed by atoms with Gasteiger partial charge in [-0.3, -0.25) is 4.21 Å². The van der Waals surface area contributed by atoms with Crippen molar-refractivity contribution in [3.63, 3.8) is 0 Å². The molecule has 0 spiro atoms. The topological polar surface area (TPSA) is 40.9 Å². The average molecular weight is 173 g/mol. The minimum Gasteiger partial charge on any atom is -0.260 e. The highest BCUT2D eigenvalue weighted by Crippen LogP contribution is 1.98. The van der Waals surface area contributed by atoms with Crippen molar-refractivity contribution in [2.24, 2.45) is 5.92 Å². The molecule has 2 atom stereocenters. The summed E-state index contributed by atoms with van der Waals surface area (Å²) in [5.41, 5.74) is 0. The summed E-state index contributed by atoms with van der Waals surface area (Å²) >= 11 is 0. The predicted octanol–water partition coefficient (Wildman–Crippen LogP) is 1.69.